The fourth-order valence-electron chi connectivity index (χ4n) is 1.23. The van der Waals surface area contributed by atoms with Crippen LogP contribution in [-0.4, -0.2) is 28.5 Å². The minimum Gasteiger partial charge on any atom is -0.342 e. The third-order valence-corrected chi connectivity index (χ3v) is 3.48. The van der Waals surface area contributed by atoms with Gasteiger partial charge in [-0.15, -0.1) is 0 Å². The summed E-state index contributed by atoms with van der Waals surface area (Å²) in [5.74, 6) is -0.0906. The molecule has 0 saturated carbocycles. The number of hydrogen-bond acceptors (Lipinski definition) is 2. The normalized spacial score (nSPS) is 10.7. The second-order valence-corrected chi connectivity index (χ2v) is 5.81. The lowest BCUT2D eigenvalue weighted by Crippen LogP contribution is -2.37. The molecular formula is C11H14Br2N2O2. The lowest BCUT2D eigenvalue weighted by Gasteiger charge is -2.21. The maximum atomic E-state index is 11.9. The Bertz CT molecular complexity index is 483. The summed E-state index contributed by atoms with van der Waals surface area (Å²) in [5, 5.41) is 0. The summed E-state index contributed by atoms with van der Waals surface area (Å²) in [6, 6.07) is 1.78. The van der Waals surface area contributed by atoms with Crippen molar-refractivity contribution in [2.24, 2.45) is 0 Å². The van der Waals surface area contributed by atoms with Crippen molar-refractivity contribution in [3.63, 3.8) is 0 Å². The highest BCUT2D eigenvalue weighted by Gasteiger charge is 2.14. The van der Waals surface area contributed by atoms with Gasteiger partial charge < -0.3 is 9.47 Å². The summed E-state index contributed by atoms with van der Waals surface area (Å²) in [6.45, 7) is 3.90. The molecule has 0 unspecified atom stereocenters. The first-order valence-corrected chi connectivity index (χ1v) is 6.72. The molecule has 1 amide bonds. The van der Waals surface area contributed by atoms with Gasteiger partial charge in [0, 0.05) is 23.8 Å². The van der Waals surface area contributed by atoms with E-state index in [4.69, 9.17) is 0 Å². The van der Waals surface area contributed by atoms with Crippen molar-refractivity contribution < 1.29 is 4.79 Å². The highest BCUT2D eigenvalue weighted by atomic mass is 79.9. The van der Waals surface area contributed by atoms with E-state index >= 15 is 0 Å². The zero-order valence-electron chi connectivity index (χ0n) is 9.91. The summed E-state index contributed by atoms with van der Waals surface area (Å²) < 4.78 is 2.57. The fourth-order valence-corrected chi connectivity index (χ4v) is 2.49. The van der Waals surface area contributed by atoms with Crippen molar-refractivity contribution in [3.05, 3.63) is 31.6 Å². The average molecular weight is 366 g/mol. The first kappa shape index (κ1) is 14.4. The summed E-state index contributed by atoms with van der Waals surface area (Å²) in [6.07, 6.45) is 1.61. The van der Waals surface area contributed by atoms with E-state index in [2.05, 4.69) is 31.9 Å². The Hall–Kier alpha value is -0.620. The van der Waals surface area contributed by atoms with Crippen molar-refractivity contribution in [3.8, 4) is 0 Å². The van der Waals surface area contributed by atoms with Crippen LogP contribution < -0.4 is 5.56 Å². The van der Waals surface area contributed by atoms with E-state index in [9.17, 15) is 9.59 Å². The number of pyridine rings is 1. The monoisotopic (exact) mass is 364 g/mol. The molecule has 0 fully saturated rings. The van der Waals surface area contributed by atoms with Crippen LogP contribution >= 0.6 is 31.9 Å². The standard InChI is InChI=1S/C11H14Br2N2O2/c1-7(2)14(3)10(16)6-15-5-8(12)4-9(13)11(15)17/h4-5,7H,6H2,1-3H3. The summed E-state index contributed by atoms with van der Waals surface area (Å²) in [4.78, 5) is 25.3. The molecule has 0 atom stereocenters. The van der Waals surface area contributed by atoms with Crippen molar-refractivity contribution >= 4 is 37.8 Å². The third kappa shape index (κ3) is 3.67. The van der Waals surface area contributed by atoms with Gasteiger partial charge in [0.2, 0.25) is 5.91 Å². The van der Waals surface area contributed by atoms with Gasteiger partial charge in [-0.3, -0.25) is 9.59 Å². The van der Waals surface area contributed by atoms with E-state index in [1.807, 2.05) is 13.8 Å². The van der Waals surface area contributed by atoms with Crippen LogP contribution in [0, 0.1) is 0 Å². The maximum absolute atomic E-state index is 11.9. The Balaban J connectivity index is 2.97. The predicted octanol–water partition coefficient (Wildman–Crippen LogP) is 2.24. The molecule has 0 bridgehead atoms. The average Bonchev–Trinajstić information content (AvgIpc) is 2.23. The van der Waals surface area contributed by atoms with Crippen LogP contribution in [0.15, 0.2) is 26.0 Å². The lowest BCUT2D eigenvalue weighted by atomic mass is 10.3. The number of rotatable bonds is 3. The molecule has 6 heteroatoms. The molecule has 0 radical (unpaired) electrons. The molecule has 0 saturated heterocycles. The minimum absolute atomic E-state index is 0.0472. The molecule has 1 aromatic heterocycles. The van der Waals surface area contributed by atoms with E-state index in [1.165, 1.54) is 4.57 Å². The van der Waals surface area contributed by atoms with Gasteiger partial charge in [-0.25, -0.2) is 0 Å². The number of aromatic nitrogens is 1. The number of likely N-dealkylation sites (N-methyl/N-ethyl adjacent to an activating group) is 1. The number of carbonyl (C=O) groups is 1. The molecular weight excluding hydrogens is 352 g/mol. The molecule has 0 N–H and O–H groups in total. The van der Waals surface area contributed by atoms with Gasteiger partial charge in [0.1, 0.15) is 6.54 Å². The van der Waals surface area contributed by atoms with E-state index in [0.717, 1.165) is 4.47 Å². The summed E-state index contributed by atoms with van der Waals surface area (Å²) in [7, 11) is 1.73. The van der Waals surface area contributed by atoms with Crippen LogP contribution in [0.3, 0.4) is 0 Å². The highest BCUT2D eigenvalue weighted by Crippen LogP contribution is 2.12. The Labute approximate surface area is 117 Å². The predicted molar refractivity (Wildman–Crippen MR) is 74.0 cm³/mol. The first-order valence-electron chi connectivity index (χ1n) is 5.14. The van der Waals surface area contributed by atoms with Crippen LogP contribution in [0.1, 0.15) is 13.8 Å². The maximum Gasteiger partial charge on any atom is 0.265 e. The molecule has 1 rings (SSSR count). The van der Waals surface area contributed by atoms with E-state index in [0.29, 0.717) is 4.47 Å². The van der Waals surface area contributed by atoms with Crippen LogP contribution in [0.2, 0.25) is 0 Å². The first-order chi connectivity index (χ1) is 7.82. The van der Waals surface area contributed by atoms with Crippen LogP contribution in [0.4, 0.5) is 0 Å². The van der Waals surface area contributed by atoms with Crippen molar-refractivity contribution in [1.82, 2.24) is 9.47 Å². The van der Waals surface area contributed by atoms with E-state index in [-0.39, 0.29) is 24.1 Å². The zero-order valence-corrected chi connectivity index (χ0v) is 13.1. The van der Waals surface area contributed by atoms with Crippen LogP contribution in [0.5, 0.6) is 0 Å². The highest BCUT2D eigenvalue weighted by molar-refractivity contribution is 9.11. The second-order valence-electron chi connectivity index (χ2n) is 4.04. The summed E-state index contributed by atoms with van der Waals surface area (Å²) in [5.41, 5.74) is -0.210. The van der Waals surface area contributed by atoms with E-state index < -0.39 is 0 Å². The fraction of sp³-hybridized carbons (Fsp3) is 0.455. The Morgan fingerprint density at radius 1 is 1.47 bits per heavy atom. The van der Waals surface area contributed by atoms with Gasteiger partial charge in [0.15, 0.2) is 0 Å². The topological polar surface area (TPSA) is 42.3 Å². The molecule has 0 aliphatic heterocycles. The van der Waals surface area contributed by atoms with Gasteiger partial charge in [-0.2, -0.15) is 0 Å². The number of halogens is 2. The smallest absolute Gasteiger partial charge is 0.265 e. The molecule has 0 aliphatic rings. The molecule has 0 aliphatic carbocycles. The minimum atomic E-state index is -0.210. The second kappa shape index (κ2) is 5.82. The number of nitrogens with zero attached hydrogens (tertiary/aromatic N) is 2. The molecule has 1 heterocycles. The van der Waals surface area contributed by atoms with Gasteiger partial charge in [0.05, 0.1) is 4.47 Å². The molecule has 4 nitrogen and oxygen atoms in total. The van der Waals surface area contributed by atoms with Crippen molar-refractivity contribution in [2.75, 3.05) is 7.05 Å². The quantitative estimate of drug-likeness (QED) is 0.824. The van der Waals surface area contributed by atoms with Crippen molar-refractivity contribution in [2.45, 2.75) is 26.4 Å². The largest absolute Gasteiger partial charge is 0.342 e. The number of amides is 1. The Kier molecular flexibility index (Phi) is 4.94. The zero-order chi connectivity index (χ0) is 13.2. The van der Waals surface area contributed by atoms with Gasteiger partial charge in [-0.1, -0.05) is 0 Å². The molecule has 0 aromatic carbocycles. The number of carbonyl (C=O) groups excluding carboxylic acids is 1. The Morgan fingerprint density at radius 2 is 2.06 bits per heavy atom. The molecule has 0 spiro atoms. The lowest BCUT2D eigenvalue weighted by molar-refractivity contribution is -0.132. The SMILES string of the molecule is CC(C)N(C)C(=O)Cn1cc(Br)cc(Br)c1=O. The van der Waals surface area contributed by atoms with Gasteiger partial charge >= 0.3 is 0 Å². The van der Waals surface area contributed by atoms with Crippen LogP contribution in [0.25, 0.3) is 0 Å². The molecule has 94 valence electrons. The summed E-state index contributed by atoms with van der Waals surface area (Å²) >= 11 is 6.45. The third-order valence-electron chi connectivity index (χ3n) is 2.48. The van der Waals surface area contributed by atoms with Gasteiger partial charge in [0.25, 0.3) is 5.56 Å². The molecule has 17 heavy (non-hydrogen) atoms. The van der Waals surface area contributed by atoms with E-state index in [1.54, 1.807) is 24.2 Å². The molecule has 1 aromatic rings. The number of hydrogen-bond donors (Lipinski definition) is 0. The van der Waals surface area contributed by atoms with Gasteiger partial charge in [-0.05, 0) is 51.8 Å². The van der Waals surface area contributed by atoms with Crippen LogP contribution in [-0.2, 0) is 11.3 Å². The Morgan fingerprint density at radius 3 is 2.59 bits per heavy atom. The van der Waals surface area contributed by atoms with Crippen molar-refractivity contribution in [1.29, 1.82) is 0 Å².